The monoisotopic (exact) mass is 240 g/mol. The maximum absolute atomic E-state index is 10.6. The number of thiazole rings is 1. The molecule has 1 unspecified atom stereocenters. The normalized spacial score (nSPS) is 21.4. The fourth-order valence-corrected chi connectivity index (χ4v) is 2.95. The fourth-order valence-electron chi connectivity index (χ4n) is 2.14. The van der Waals surface area contributed by atoms with Gasteiger partial charge in [-0.15, -0.1) is 11.3 Å². The van der Waals surface area contributed by atoms with Gasteiger partial charge in [-0.3, -0.25) is 9.69 Å². The van der Waals surface area contributed by atoms with Gasteiger partial charge in [-0.2, -0.15) is 0 Å². The van der Waals surface area contributed by atoms with Crippen molar-refractivity contribution >= 4 is 17.3 Å². The first-order valence-electron chi connectivity index (χ1n) is 5.48. The van der Waals surface area contributed by atoms with Gasteiger partial charge in [-0.25, -0.2) is 4.98 Å². The van der Waals surface area contributed by atoms with Crippen LogP contribution in [0.4, 0.5) is 0 Å². The lowest BCUT2D eigenvalue weighted by atomic mass is 10.1. The second-order valence-corrected chi connectivity index (χ2v) is 5.31. The van der Waals surface area contributed by atoms with Gasteiger partial charge in [0.25, 0.3) is 0 Å². The highest BCUT2D eigenvalue weighted by Gasteiger charge is 2.24. The van der Waals surface area contributed by atoms with E-state index in [0.29, 0.717) is 12.3 Å². The zero-order chi connectivity index (χ0) is 11.5. The predicted molar refractivity (Wildman–Crippen MR) is 62.5 cm³/mol. The highest BCUT2D eigenvalue weighted by atomic mass is 32.1. The van der Waals surface area contributed by atoms with Crippen molar-refractivity contribution in [3.05, 3.63) is 16.1 Å². The van der Waals surface area contributed by atoms with Crippen LogP contribution in [0.3, 0.4) is 0 Å². The molecule has 0 aliphatic carbocycles. The number of carboxylic acids is 1. The van der Waals surface area contributed by atoms with Crippen LogP contribution in [-0.2, 0) is 11.3 Å². The summed E-state index contributed by atoms with van der Waals surface area (Å²) in [4.78, 5) is 17.3. The molecule has 0 bridgehead atoms. The number of likely N-dealkylation sites (tertiary alicyclic amines) is 1. The number of carboxylic acid groups (broad SMARTS) is 1. The van der Waals surface area contributed by atoms with Gasteiger partial charge in [0.15, 0.2) is 0 Å². The number of hydrogen-bond donors (Lipinski definition) is 1. The summed E-state index contributed by atoms with van der Waals surface area (Å²) in [6.45, 7) is 4.76. The molecule has 16 heavy (non-hydrogen) atoms. The van der Waals surface area contributed by atoms with Crippen LogP contribution in [0.15, 0.2) is 5.38 Å². The zero-order valence-electron chi connectivity index (χ0n) is 9.35. The second-order valence-electron chi connectivity index (χ2n) is 4.37. The van der Waals surface area contributed by atoms with E-state index in [0.717, 1.165) is 36.8 Å². The molecule has 4 nitrogen and oxygen atoms in total. The third-order valence-electron chi connectivity index (χ3n) is 2.86. The van der Waals surface area contributed by atoms with Crippen molar-refractivity contribution in [2.75, 3.05) is 13.1 Å². The van der Waals surface area contributed by atoms with Crippen molar-refractivity contribution in [1.29, 1.82) is 0 Å². The zero-order valence-corrected chi connectivity index (χ0v) is 10.2. The summed E-state index contributed by atoms with van der Waals surface area (Å²) in [6.07, 6.45) is 1.30. The standard InChI is InChI=1S/C11H16N2O2S/c1-8-7-16-10(12-8)6-13-3-2-9(5-13)4-11(14)15/h7,9H,2-6H2,1H3,(H,14,15). The Labute approximate surface area is 98.9 Å². The average Bonchev–Trinajstić information content (AvgIpc) is 2.76. The van der Waals surface area contributed by atoms with Gasteiger partial charge in [0.05, 0.1) is 6.54 Å². The molecule has 1 aromatic heterocycles. The van der Waals surface area contributed by atoms with Crippen molar-refractivity contribution in [3.8, 4) is 0 Å². The minimum absolute atomic E-state index is 0.299. The maximum Gasteiger partial charge on any atom is 0.303 e. The Morgan fingerprint density at radius 1 is 1.75 bits per heavy atom. The molecule has 1 N–H and O–H groups in total. The van der Waals surface area contributed by atoms with Crippen molar-refractivity contribution in [2.45, 2.75) is 26.3 Å². The Hall–Kier alpha value is -0.940. The van der Waals surface area contributed by atoms with E-state index in [1.54, 1.807) is 11.3 Å². The summed E-state index contributed by atoms with van der Waals surface area (Å²) in [6, 6.07) is 0. The number of carbonyl (C=O) groups is 1. The lowest BCUT2D eigenvalue weighted by Gasteiger charge is -2.13. The maximum atomic E-state index is 10.6. The minimum atomic E-state index is -0.683. The fraction of sp³-hybridized carbons (Fsp3) is 0.636. The number of rotatable bonds is 4. The molecule has 0 spiro atoms. The summed E-state index contributed by atoms with van der Waals surface area (Å²) in [5, 5.41) is 11.9. The number of aryl methyl sites for hydroxylation is 1. The van der Waals surface area contributed by atoms with E-state index < -0.39 is 5.97 Å². The van der Waals surface area contributed by atoms with Gasteiger partial charge in [-0.1, -0.05) is 0 Å². The van der Waals surface area contributed by atoms with Crippen LogP contribution in [0, 0.1) is 12.8 Å². The molecule has 88 valence electrons. The molecule has 0 saturated carbocycles. The third kappa shape index (κ3) is 3.02. The number of aliphatic carboxylic acids is 1. The number of hydrogen-bond acceptors (Lipinski definition) is 4. The lowest BCUT2D eigenvalue weighted by Crippen LogP contribution is -2.20. The third-order valence-corrected chi connectivity index (χ3v) is 3.81. The summed E-state index contributed by atoms with van der Waals surface area (Å²) in [5.74, 6) is -0.365. The molecule has 1 aliphatic rings. The SMILES string of the molecule is Cc1csc(CN2CCC(CC(=O)O)C2)n1. The van der Waals surface area contributed by atoms with Gasteiger partial charge < -0.3 is 5.11 Å². The second kappa shape index (κ2) is 4.93. The van der Waals surface area contributed by atoms with Gasteiger partial charge in [-0.05, 0) is 25.8 Å². The van der Waals surface area contributed by atoms with Crippen molar-refractivity contribution < 1.29 is 9.90 Å². The van der Waals surface area contributed by atoms with Crippen LogP contribution < -0.4 is 0 Å². The summed E-state index contributed by atoms with van der Waals surface area (Å²) >= 11 is 1.68. The van der Waals surface area contributed by atoms with Crippen LogP contribution in [0.2, 0.25) is 0 Å². The lowest BCUT2D eigenvalue weighted by molar-refractivity contribution is -0.138. The summed E-state index contributed by atoms with van der Waals surface area (Å²) < 4.78 is 0. The van der Waals surface area contributed by atoms with Gasteiger partial charge in [0.2, 0.25) is 0 Å². The molecule has 5 heteroatoms. The first-order valence-corrected chi connectivity index (χ1v) is 6.36. The van der Waals surface area contributed by atoms with E-state index >= 15 is 0 Å². The molecular formula is C11H16N2O2S. The smallest absolute Gasteiger partial charge is 0.303 e. The molecule has 1 fully saturated rings. The van der Waals surface area contributed by atoms with Crippen LogP contribution in [0.1, 0.15) is 23.5 Å². The Morgan fingerprint density at radius 2 is 2.56 bits per heavy atom. The van der Waals surface area contributed by atoms with E-state index in [1.807, 2.05) is 6.92 Å². The molecule has 1 aliphatic heterocycles. The van der Waals surface area contributed by atoms with Crippen molar-refractivity contribution in [3.63, 3.8) is 0 Å². The highest BCUT2D eigenvalue weighted by Crippen LogP contribution is 2.22. The van der Waals surface area contributed by atoms with Crippen LogP contribution in [-0.4, -0.2) is 34.0 Å². The first kappa shape index (κ1) is 11.5. The van der Waals surface area contributed by atoms with E-state index in [2.05, 4.69) is 15.3 Å². The van der Waals surface area contributed by atoms with Gasteiger partial charge in [0.1, 0.15) is 5.01 Å². The number of aromatic nitrogens is 1. The molecule has 0 radical (unpaired) electrons. The van der Waals surface area contributed by atoms with E-state index in [1.165, 1.54) is 0 Å². The Balaban J connectivity index is 1.82. The first-order chi connectivity index (χ1) is 7.63. The van der Waals surface area contributed by atoms with Crippen molar-refractivity contribution in [2.24, 2.45) is 5.92 Å². The largest absolute Gasteiger partial charge is 0.481 e. The van der Waals surface area contributed by atoms with Gasteiger partial charge in [0, 0.05) is 24.0 Å². The van der Waals surface area contributed by atoms with E-state index in [4.69, 9.17) is 5.11 Å². The van der Waals surface area contributed by atoms with Crippen LogP contribution >= 0.6 is 11.3 Å². The van der Waals surface area contributed by atoms with E-state index in [9.17, 15) is 4.79 Å². The minimum Gasteiger partial charge on any atom is -0.481 e. The average molecular weight is 240 g/mol. The van der Waals surface area contributed by atoms with Gasteiger partial charge >= 0.3 is 5.97 Å². The quantitative estimate of drug-likeness (QED) is 0.871. The number of nitrogens with zero attached hydrogens (tertiary/aromatic N) is 2. The topological polar surface area (TPSA) is 53.4 Å². The molecule has 2 heterocycles. The molecule has 1 atom stereocenters. The molecule has 2 rings (SSSR count). The summed E-state index contributed by atoms with van der Waals surface area (Å²) in [7, 11) is 0. The van der Waals surface area contributed by atoms with E-state index in [-0.39, 0.29) is 0 Å². The highest BCUT2D eigenvalue weighted by molar-refractivity contribution is 7.09. The van der Waals surface area contributed by atoms with Crippen LogP contribution in [0.5, 0.6) is 0 Å². The Kier molecular flexibility index (Phi) is 3.56. The predicted octanol–water partition coefficient (Wildman–Crippen LogP) is 1.75. The molecule has 0 aromatic carbocycles. The molecule has 1 saturated heterocycles. The Bertz CT molecular complexity index is 378. The molecule has 0 amide bonds. The summed E-state index contributed by atoms with van der Waals surface area (Å²) in [5.41, 5.74) is 1.07. The van der Waals surface area contributed by atoms with Crippen molar-refractivity contribution in [1.82, 2.24) is 9.88 Å². The Morgan fingerprint density at radius 3 is 3.19 bits per heavy atom. The van der Waals surface area contributed by atoms with Crippen LogP contribution in [0.25, 0.3) is 0 Å². The molecular weight excluding hydrogens is 224 g/mol. The molecule has 1 aromatic rings.